The lowest BCUT2D eigenvalue weighted by atomic mass is 10.2. The SMILES string of the molecule is CCCOc1ccc(OC(CC)C(N)=NO)cc1. The van der Waals surface area contributed by atoms with Crippen molar-refractivity contribution in [3.05, 3.63) is 24.3 Å². The lowest BCUT2D eigenvalue weighted by Gasteiger charge is -2.16. The van der Waals surface area contributed by atoms with E-state index in [2.05, 4.69) is 12.1 Å². The fraction of sp³-hybridized carbons (Fsp3) is 0.462. The van der Waals surface area contributed by atoms with Gasteiger partial charge in [0.05, 0.1) is 6.61 Å². The molecule has 0 radical (unpaired) electrons. The third kappa shape index (κ3) is 4.16. The smallest absolute Gasteiger partial charge is 0.180 e. The number of rotatable bonds is 7. The molecular formula is C13H20N2O3. The number of hydrogen-bond acceptors (Lipinski definition) is 4. The van der Waals surface area contributed by atoms with Gasteiger partial charge in [-0.25, -0.2) is 0 Å². The number of amidine groups is 1. The van der Waals surface area contributed by atoms with Crippen LogP contribution in [0.5, 0.6) is 11.5 Å². The number of oxime groups is 1. The molecule has 0 fully saturated rings. The Kier molecular flexibility index (Phi) is 5.84. The number of ether oxygens (including phenoxy) is 2. The van der Waals surface area contributed by atoms with Crippen molar-refractivity contribution in [2.75, 3.05) is 6.61 Å². The van der Waals surface area contributed by atoms with E-state index in [1.165, 1.54) is 0 Å². The summed E-state index contributed by atoms with van der Waals surface area (Å²) in [6.45, 7) is 4.66. The summed E-state index contributed by atoms with van der Waals surface area (Å²) in [7, 11) is 0. The van der Waals surface area contributed by atoms with Crippen LogP contribution in [0, 0.1) is 0 Å². The lowest BCUT2D eigenvalue weighted by Crippen LogP contribution is -2.33. The minimum atomic E-state index is -0.419. The number of nitrogens with zero attached hydrogens (tertiary/aromatic N) is 1. The van der Waals surface area contributed by atoms with Gasteiger partial charge in [0.15, 0.2) is 11.9 Å². The van der Waals surface area contributed by atoms with E-state index in [1.54, 1.807) is 12.1 Å². The van der Waals surface area contributed by atoms with E-state index in [0.29, 0.717) is 18.8 Å². The van der Waals surface area contributed by atoms with Crippen LogP contribution in [-0.4, -0.2) is 23.8 Å². The standard InChI is InChI=1S/C13H20N2O3/c1-3-9-17-10-5-7-11(8-6-10)18-12(4-2)13(14)15-16/h5-8,12,16H,3-4,9H2,1-2H3,(H2,14,15). The van der Waals surface area contributed by atoms with Crippen molar-refractivity contribution in [1.29, 1.82) is 0 Å². The van der Waals surface area contributed by atoms with Crippen molar-refractivity contribution in [2.24, 2.45) is 10.9 Å². The number of hydrogen-bond donors (Lipinski definition) is 2. The Morgan fingerprint density at radius 2 is 1.89 bits per heavy atom. The molecule has 0 aliphatic rings. The molecule has 5 nitrogen and oxygen atoms in total. The van der Waals surface area contributed by atoms with Crippen LogP contribution >= 0.6 is 0 Å². The van der Waals surface area contributed by atoms with Crippen LogP contribution in [0.25, 0.3) is 0 Å². The Morgan fingerprint density at radius 1 is 1.28 bits per heavy atom. The van der Waals surface area contributed by atoms with Crippen molar-refractivity contribution in [3.63, 3.8) is 0 Å². The Bertz CT molecular complexity index is 376. The summed E-state index contributed by atoms with van der Waals surface area (Å²) in [5, 5.41) is 11.6. The summed E-state index contributed by atoms with van der Waals surface area (Å²) < 4.78 is 11.1. The monoisotopic (exact) mass is 252 g/mol. The van der Waals surface area contributed by atoms with Crippen molar-refractivity contribution in [2.45, 2.75) is 32.8 Å². The van der Waals surface area contributed by atoms with E-state index < -0.39 is 6.10 Å². The molecule has 100 valence electrons. The maximum absolute atomic E-state index is 8.62. The van der Waals surface area contributed by atoms with Gasteiger partial charge in [-0.2, -0.15) is 0 Å². The largest absolute Gasteiger partial charge is 0.494 e. The van der Waals surface area contributed by atoms with E-state index >= 15 is 0 Å². The van der Waals surface area contributed by atoms with Crippen molar-refractivity contribution in [3.8, 4) is 11.5 Å². The Morgan fingerprint density at radius 3 is 2.39 bits per heavy atom. The lowest BCUT2D eigenvalue weighted by molar-refractivity contribution is 0.246. The molecule has 3 N–H and O–H groups in total. The first-order valence-corrected chi connectivity index (χ1v) is 6.08. The maximum atomic E-state index is 8.62. The zero-order chi connectivity index (χ0) is 13.4. The molecule has 0 aliphatic heterocycles. The van der Waals surface area contributed by atoms with Gasteiger partial charge < -0.3 is 20.4 Å². The Balaban J connectivity index is 2.62. The van der Waals surface area contributed by atoms with Gasteiger partial charge in [0, 0.05) is 0 Å². The van der Waals surface area contributed by atoms with E-state index in [9.17, 15) is 0 Å². The van der Waals surface area contributed by atoms with Crippen LogP contribution in [0.1, 0.15) is 26.7 Å². The second-order valence-corrected chi connectivity index (χ2v) is 3.86. The van der Waals surface area contributed by atoms with E-state index in [0.717, 1.165) is 12.2 Å². The summed E-state index contributed by atoms with van der Waals surface area (Å²) >= 11 is 0. The fourth-order valence-electron chi connectivity index (χ4n) is 1.42. The molecule has 0 amide bonds. The molecule has 1 atom stereocenters. The van der Waals surface area contributed by atoms with Gasteiger partial charge in [-0.15, -0.1) is 0 Å². The van der Waals surface area contributed by atoms with Crippen LogP contribution in [0.4, 0.5) is 0 Å². The maximum Gasteiger partial charge on any atom is 0.180 e. The highest BCUT2D eigenvalue weighted by atomic mass is 16.5. The average molecular weight is 252 g/mol. The molecule has 0 saturated heterocycles. The second-order valence-electron chi connectivity index (χ2n) is 3.86. The summed E-state index contributed by atoms with van der Waals surface area (Å²) in [6, 6.07) is 7.28. The van der Waals surface area contributed by atoms with Gasteiger partial charge in [-0.3, -0.25) is 0 Å². The van der Waals surface area contributed by atoms with Gasteiger partial charge in [0.1, 0.15) is 11.5 Å². The fourth-order valence-corrected chi connectivity index (χ4v) is 1.42. The first kappa shape index (κ1) is 14.2. The van der Waals surface area contributed by atoms with Crippen molar-refractivity contribution in [1.82, 2.24) is 0 Å². The van der Waals surface area contributed by atoms with Crippen LogP contribution in [0.3, 0.4) is 0 Å². The zero-order valence-electron chi connectivity index (χ0n) is 10.8. The van der Waals surface area contributed by atoms with Crippen LogP contribution < -0.4 is 15.2 Å². The predicted octanol–water partition coefficient (Wildman–Crippen LogP) is 2.38. The number of nitrogens with two attached hydrogens (primary N) is 1. The highest BCUT2D eigenvalue weighted by Gasteiger charge is 2.13. The van der Waals surface area contributed by atoms with Crippen molar-refractivity contribution >= 4 is 5.84 Å². The predicted molar refractivity (Wildman–Crippen MR) is 70.3 cm³/mol. The van der Waals surface area contributed by atoms with Gasteiger partial charge in [-0.1, -0.05) is 19.0 Å². The highest BCUT2D eigenvalue weighted by molar-refractivity contribution is 5.84. The molecular weight excluding hydrogens is 232 g/mol. The molecule has 5 heteroatoms. The molecule has 1 unspecified atom stereocenters. The topological polar surface area (TPSA) is 77.1 Å². The van der Waals surface area contributed by atoms with E-state index in [-0.39, 0.29) is 5.84 Å². The third-order valence-electron chi connectivity index (χ3n) is 2.39. The molecule has 18 heavy (non-hydrogen) atoms. The Labute approximate surface area is 107 Å². The number of benzene rings is 1. The summed E-state index contributed by atoms with van der Waals surface area (Å²) in [5.74, 6) is 1.54. The van der Waals surface area contributed by atoms with Crippen LogP contribution in [0.15, 0.2) is 29.4 Å². The summed E-state index contributed by atoms with van der Waals surface area (Å²) in [4.78, 5) is 0. The molecule has 0 heterocycles. The minimum absolute atomic E-state index is 0.0730. The first-order chi connectivity index (χ1) is 8.71. The molecule has 0 saturated carbocycles. The van der Waals surface area contributed by atoms with Gasteiger partial charge in [-0.05, 0) is 37.1 Å². The molecule has 0 spiro atoms. The van der Waals surface area contributed by atoms with Gasteiger partial charge in [0.2, 0.25) is 0 Å². The third-order valence-corrected chi connectivity index (χ3v) is 2.39. The minimum Gasteiger partial charge on any atom is -0.494 e. The molecule has 0 aromatic heterocycles. The molecule has 0 aliphatic carbocycles. The molecule has 1 aromatic carbocycles. The summed E-state index contributed by atoms with van der Waals surface area (Å²) in [6.07, 6.45) is 1.18. The average Bonchev–Trinajstić information content (AvgIpc) is 2.43. The van der Waals surface area contributed by atoms with Crippen LogP contribution in [0.2, 0.25) is 0 Å². The summed E-state index contributed by atoms with van der Waals surface area (Å²) in [5.41, 5.74) is 5.52. The normalized spacial score (nSPS) is 13.1. The quantitative estimate of drug-likeness (QED) is 0.338. The second kappa shape index (κ2) is 7.42. The van der Waals surface area contributed by atoms with Gasteiger partial charge >= 0.3 is 0 Å². The molecule has 1 rings (SSSR count). The van der Waals surface area contributed by atoms with E-state index in [4.69, 9.17) is 20.4 Å². The molecule has 1 aromatic rings. The van der Waals surface area contributed by atoms with Gasteiger partial charge in [0.25, 0.3) is 0 Å². The highest BCUT2D eigenvalue weighted by Crippen LogP contribution is 2.19. The van der Waals surface area contributed by atoms with Crippen LogP contribution in [-0.2, 0) is 0 Å². The Hall–Kier alpha value is -1.91. The van der Waals surface area contributed by atoms with Crippen molar-refractivity contribution < 1.29 is 14.7 Å². The molecule has 0 bridgehead atoms. The van der Waals surface area contributed by atoms with E-state index in [1.807, 2.05) is 19.1 Å². The first-order valence-electron chi connectivity index (χ1n) is 6.08. The zero-order valence-corrected chi connectivity index (χ0v) is 10.8.